The number of hydrogen-bond donors (Lipinski definition) is 1. The van der Waals surface area contributed by atoms with Crippen LogP contribution < -0.4 is 5.32 Å². The molecule has 1 amide bonds. The first-order valence-electron chi connectivity index (χ1n) is 8.14. The Morgan fingerprint density at radius 1 is 1.33 bits per heavy atom. The SMILES string of the molecule is N#CC1(n2cc(C(NC(=O)c3ccsc3)c3ccc(F)c(F)c3)nn2)CC1. The summed E-state index contributed by atoms with van der Waals surface area (Å²) in [5.74, 6) is -2.38. The molecule has 2 aromatic heterocycles. The van der Waals surface area contributed by atoms with Gasteiger partial charge in [-0.1, -0.05) is 11.3 Å². The van der Waals surface area contributed by atoms with Crippen LogP contribution in [0.15, 0.2) is 41.2 Å². The maximum atomic E-state index is 13.8. The zero-order valence-electron chi connectivity index (χ0n) is 13.9. The van der Waals surface area contributed by atoms with Gasteiger partial charge in [0.25, 0.3) is 5.91 Å². The van der Waals surface area contributed by atoms with Crippen molar-refractivity contribution in [1.29, 1.82) is 5.26 Å². The van der Waals surface area contributed by atoms with Gasteiger partial charge in [-0.2, -0.15) is 16.6 Å². The van der Waals surface area contributed by atoms with Crippen molar-refractivity contribution in [3.05, 3.63) is 69.7 Å². The number of amides is 1. The Morgan fingerprint density at radius 3 is 2.78 bits per heavy atom. The molecule has 1 aliphatic rings. The van der Waals surface area contributed by atoms with E-state index >= 15 is 0 Å². The van der Waals surface area contributed by atoms with Crippen molar-refractivity contribution >= 4 is 17.2 Å². The molecule has 0 bridgehead atoms. The van der Waals surface area contributed by atoms with E-state index < -0.39 is 23.2 Å². The van der Waals surface area contributed by atoms with E-state index in [0.29, 0.717) is 29.7 Å². The Morgan fingerprint density at radius 2 is 2.15 bits per heavy atom. The number of thiophene rings is 1. The number of nitrogens with one attached hydrogen (secondary N) is 1. The van der Waals surface area contributed by atoms with Crippen LogP contribution in [0.4, 0.5) is 8.78 Å². The minimum Gasteiger partial charge on any atom is -0.339 e. The highest BCUT2D eigenvalue weighted by atomic mass is 32.1. The normalized spacial score (nSPS) is 15.7. The molecule has 2 heterocycles. The number of carbonyl (C=O) groups is 1. The maximum absolute atomic E-state index is 13.8. The molecule has 0 spiro atoms. The summed E-state index contributed by atoms with van der Waals surface area (Å²) >= 11 is 1.37. The van der Waals surface area contributed by atoms with Crippen LogP contribution in [0.25, 0.3) is 0 Å². The van der Waals surface area contributed by atoms with Gasteiger partial charge < -0.3 is 5.32 Å². The van der Waals surface area contributed by atoms with E-state index in [2.05, 4.69) is 21.7 Å². The summed E-state index contributed by atoms with van der Waals surface area (Å²) in [6.07, 6.45) is 2.91. The topological polar surface area (TPSA) is 83.6 Å². The third-order valence-corrected chi connectivity index (χ3v) is 5.20. The zero-order valence-corrected chi connectivity index (χ0v) is 14.7. The van der Waals surface area contributed by atoms with Crippen LogP contribution in [0.3, 0.4) is 0 Å². The highest BCUT2D eigenvalue weighted by Crippen LogP contribution is 2.42. The van der Waals surface area contributed by atoms with Gasteiger partial charge in [-0.05, 0) is 42.0 Å². The number of benzene rings is 1. The number of nitrogens with zero attached hydrogens (tertiary/aromatic N) is 4. The third-order valence-electron chi connectivity index (χ3n) is 4.51. The Labute approximate surface area is 157 Å². The van der Waals surface area contributed by atoms with Crippen molar-refractivity contribution in [3.63, 3.8) is 0 Å². The molecular formula is C18H13F2N5OS. The van der Waals surface area contributed by atoms with E-state index in [1.54, 1.807) is 23.0 Å². The number of halogens is 2. The van der Waals surface area contributed by atoms with Crippen molar-refractivity contribution < 1.29 is 13.6 Å². The van der Waals surface area contributed by atoms with Crippen molar-refractivity contribution in [2.24, 2.45) is 0 Å². The predicted octanol–water partition coefficient (Wildman–Crippen LogP) is 3.15. The molecule has 1 saturated carbocycles. The zero-order chi connectivity index (χ0) is 19.0. The second-order valence-electron chi connectivity index (χ2n) is 6.32. The van der Waals surface area contributed by atoms with Gasteiger partial charge in [0, 0.05) is 5.38 Å². The van der Waals surface area contributed by atoms with Crippen LogP contribution >= 0.6 is 11.3 Å². The molecule has 0 radical (unpaired) electrons. The van der Waals surface area contributed by atoms with Crippen molar-refractivity contribution in [1.82, 2.24) is 20.3 Å². The quantitative estimate of drug-likeness (QED) is 0.731. The summed E-state index contributed by atoms with van der Waals surface area (Å²) in [6.45, 7) is 0. The average Bonchev–Trinajstić information content (AvgIpc) is 3.08. The Kier molecular flexibility index (Phi) is 4.20. The molecule has 0 aliphatic heterocycles. The number of hydrogen-bond acceptors (Lipinski definition) is 5. The van der Waals surface area contributed by atoms with Crippen LogP contribution in [0.2, 0.25) is 0 Å². The Balaban J connectivity index is 1.70. The van der Waals surface area contributed by atoms with Gasteiger partial charge in [0.05, 0.1) is 17.8 Å². The lowest BCUT2D eigenvalue weighted by Gasteiger charge is -2.17. The Bertz CT molecular complexity index is 1040. The van der Waals surface area contributed by atoms with Gasteiger partial charge >= 0.3 is 0 Å². The first-order valence-corrected chi connectivity index (χ1v) is 9.09. The van der Waals surface area contributed by atoms with Crippen LogP contribution in [0.1, 0.15) is 40.5 Å². The molecule has 4 rings (SSSR count). The van der Waals surface area contributed by atoms with E-state index in [-0.39, 0.29) is 5.91 Å². The largest absolute Gasteiger partial charge is 0.339 e. The van der Waals surface area contributed by atoms with E-state index in [1.165, 1.54) is 22.1 Å². The minimum absolute atomic E-state index is 0.325. The van der Waals surface area contributed by atoms with Crippen molar-refractivity contribution in [2.75, 3.05) is 0 Å². The molecular weight excluding hydrogens is 372 g/mol. The van der Waals surface area contributed by atoms with Crippen LogP contribution in [0.5, 0.6) is 0 Å². The van der Waals surface area contributed by atoms with Crippen LogP contribution in [-0.4, -0.2) is 20.9 Å². The number of nitriles is 1. The summed E-state index contributed by atoms with van der Waals surface area (Å²) in [5.41, 5.74) is 0.411. The molecule has 1 atom stereocenters. The maximum Gasteiger partial charge on any atom is 0.252 e. The van der Waals surface area contributed by atoms with Crippen molar-refractivity contribution in [3.8, 4) is 6.07 Å². The molecule has 1 unspecified atom stereocenters. The first-order chi connectivity index (χ1) is 13.0. The van der Waals surface area contributed by atoms with Gasteiger partial charge in [0.15, 0.2) is 17.2 Å². The molecule has 1 fully saturated rings. The van der Waals surface area contributed by atoms with E-state index in [1.807, 2.05) is 0 Å². The summed E-state index contributed by atoms with van der Waals surface area (Å²) in [5, 5.41) is 23.6. The van der Waals surface area contributed by atoms with Gasteiger partial charge in [-0.3, -0.25) is 4.79 Å². The smallest absolute Gasteiger partial charge is 0.252 e. The highest BCUT2D eigenvalue weighted by Gasteiger charge is 2.46. The second-order valence-corrected chi connectivity index (χ2v) is 7.10. The van der Waals surface area contributed by atoms with Crippen LogP contribution in [-0.2, 0) is 5.54 Å². The second kappa shape index (κ2) is 6.55. The predicted molar refractivity (Wildman–Crippen MR) is 92.8 cm³/mol. The molecule has 1 aromatic carbocycles. The summed E-state index contributed by atoms with van der Waals surface area (Å²) < 4.78 is 28.6. The fourth-order valence-electron chi connectivity index (χ4n) is 2.76. The first kappa shape index (κ1) is 17.3. The minimum atomic E-state index is -1.02. The van der Waals surface area contributed by atoms with Crippen molar-refractivity contribution in [2.45, 2.75) is 24.4 Å². The standard InChI is InChI=1S/C18H13F2N5OS/c19-13-2-1-11(7-14(13)20)16(22-17(26)12-3-6-27-9-12)15-8-25(24-23-15)18(10-21)4-5-18/h1-3,6-9,16H,4-5H2,(H,22,26). The number of rotatable bonds is 5. The summed E-state index contributed by atoms with van der Waals surface area (Å²) in [4.78, 5) is 12.5. The van der Waals surface area contributed by atoms with Gasteiger partial charge in [0.1, 0.15) is 11.7 Å². The molecule has 1 aliphatic carbocycles. The average molecular weight is 385 g/mol. The van der Waals surface area contributed by atoms with E-state index in [0.717, 1.165) is 12.1 Å². The summed E-state index contributed by atoms with van der Waals surface area (Å²) in [6, 6.07) is 6.43. The van der Waals surface area contributed by atoms with Gasteiger partial charge in [0.2, 0.25) is 0 Å². The monoisotopic (exact) mass is 385 g/mol. The highest BCUT2D eigenvalue weighted by molar-refractivity contribution is 7.08. The molecule has 1 N–H and O–H groups in total. The lowest BCUT2D eigenvalue weighted by atomic mass is 10.0. The fraction of sp³-hybridized carbons (Fsp3) is 0.222. The Hall–Kier alpha value is -3.12. The molecule has 3 aromatic rings. The molecule has 27 heavy (non-hydrogen) atoms. The summed E-state index contributed by atoms with van der Waals surface area (Å²) in [7, 11) is 0. The lowest BCUT2D eigenvalue weighted by Crippen LogP contribution is -2.29. The fourth-order valence-corrected chi connectivity index (χ4v) is 3.39. The molecule has 9 heteroatoms. The van der Waals surface area contributed by atoms with Gasteiger partial charge in [-0.15, -0.1) is 5.10 Å². The third kappa shape index (κ3) is 3.19. The molecule has 6 nitrogen and oxygen atoms in total. The molecule has 136 valence electrons. The lowest BCUT2D eigenvalue weighted by molar-refractivity contribution is 0.0942. The van der Waals surface area contributed by atoms with Gasteiger partial charge in [-0.25, -0.2) is 13.5 Å². The molecule has 0 saturated heterocycles. The van der Waals surface area contributed by atoms with Crippen LogP contribution in [0, 0.1) is 23.0 Å². The number of carbonyl (C=O) groups excluding carboxylic acids is 1. The van der Waals surface area contributed by atoms with E-state index in [9.17, 15) is 18.8 Å². The number of aromatic nitrogens is 3. The van der Waals surface area contributed by atoms with E-state index in [4.69, 9.17) is 0 Å².